The highest BCUT2D eigenvalue weighted by atomic mass is 19.4. The van der Waals surface area contributed by atoms with Gasteiger partial charge in [0.05, 0.1) is 11.2 Å². The lowest BCUT2D eigenvalue weighted by atomic mass is 10.0. The van der Waals surface area contributed by atoms with E-state index in [1.165, 1.54) is 24.3 Å². The summed E-state index contributed by atoms with van der Waals surface area (Å²) < 4.78 is 38.5. The zero-order valence-electron chi connectivity index (χ0n) is 10.0. The first kappa shape index (κ1) is 13.8. The van der Waals surface area contributed by atoms with Crippen LogP contribution < -0.4 is 5.73 Å². The fraction of sp³-hybridized carbons (Fsp3) is 0.154. The molecule has 0 aliphatic carbocycles. The van der Waals surface area contributed by atoms with Crippen molar-refractivity contribution in [1.29, 1.82) is 5.26 Å². The normalized spacial score (nSPS) is 11.3. The molecule has 0 unspecified atom stereocenters. The number of aromatic nitrogens is 1. The molecule has 0 saturated heterocycles. The molecule has 0 bridgehead atoms. The number of nitrogens with two attached hydrogens (primary N) is 1. The van der Waals surface area contributed by atoms with Crippen molar-refractivity contribution in [2.24, 2.45) is 0 Å². The van der Waals surface area contributed by atoms with Gasteiger partial charge in [0.1, 0.15) is 17.9 Å². The number of hydrogen-bond acceptors (Lipinski definition) is 4. The lowest BCUT2D eigenvalue weighted by Crippen LogP contribution is -2.13. The molecule has 0 aliphatic heterocycles. The maximum atomic E-state index is 12.8. The summed E-state index contributed by atoms with van der Waals surface area (Å²) in [6, 6.07) is 5.75. The SMILES string of the molecule is N#Cc1c(C(F)(F)F)nc2ccc(CC=O)cc2c1N. The van der Waals surface area contributed by atoms with E-state index in [-0.39, 0.29) is 23.0 Å². The van der Waals surface area contributed by atoms with Crippen LogP contribution in [-0.4, -0.2) is 11.3 Å². The van der Waals surface area contributed by atoms with Crippen molar-refractivity contribution in [2.45, 2.75) is 12.6 Å². The molecule has 0 spiro atoms. The predicted octanol–water partition coefficient (Wildman–Crippen LogP) is 2.45. The Morgan fingerprint density at radius 1 is 1.40 bits per heavy atom. The fourth-order valence-electron chi connectivity index (χ4n) is 1.88. The molecular weight excluding hydrogens is 271 g/mol. The minimum atomic E-state index is -4.76. The first-order valence-electron chi connectivity index (χ1n) is 5.51. The summed E-state index contributed by atoms with van der Waals surface area (Å²) in [5.74, 6) is 0. The number of nitrogens with zero attached hydrogens (tertiary/aromatic N) is 2. The van der Waals surface area contributed by atoms with Gasteiger partial charge in [-0.3, -0.25) is 0 Å². The maximum Gasteiger partial charge on any atom is 0.434 e. The van der Waals surface area contributed by atoms with E-state index >= 15 is 0 Å². The first-order valence-corrected chi connectivity index (χ1v) is 5.51. The second-order valence-corrected chi connectivity index (χ2v) is 4.08. The van der Waals surface area contributed by atoms with Crippen molar-refractivity contribution in [3.63, 3.8) is 0 Å². The summed E-state index contributed by atoms with van der Waals surface area (Å²) in [7, 11) is 0. The average Bonchev–Trinajstić information content (AvgIpc) is 2.38. The summed E-state index contributed by atoms with van der Waals surface area (Å²) >= 11 is 0. The van der Waals surface area contributed by atoms with Crippen LogP contribution in [0.1, 0.15) is 16.8 Å². The number of halogens is 3. The smallest absolute Gasteiger partial charge is 0.397 e. The van der Waals surface area contributed by atoms with Crippen LogP contribution in [-0.2, 0) is 17.4 Å². The van der Waals surface area contributed by atoms with Gasteiger partial charge in [-0.1, -0.05) is 6.07 Å². The minimum Gasteiger partial charge on any atom is -0.397 e. The largest absolute Gasteiger partial charge is 0.434 e. The van der Waals surface area contributed by atoms with Gasteiger partial charge in [-0.15, -0.1) is 0 Å². The van der Waals surface area contributed by atoms with E-state index in [0.29, 0.717) is 11.8 Å². The number of rotatable bonds is 2. The third-order valence-corrected chi connectivity index (χ3v) is 2.79. The van der Waals surface area contributed by atoms with Gasteiger partial charge < -0.3 is 10.5 Å². The van der Waals surface area contributed by atoms with Gasteiger partial charge in [0.15, 0.2) is 5.69 Å². The molecule has 102 valence electrons. The number of nitriles is 1. The van der Waals surface area contributed by atoms with Crippen LogP contribution in [0.3, 0.4) is 0 Å². The van der Waals surface area contributed by atoms with Gasteiger partial charge in [-0.2, -0.15) is 18.4 Å². The Kier molecular flexibility index (Phi) is 3.32. The highest BCUT2D eigenvalue weighted by Crippen LogP contribution is 2.36. The molecule has 20 heavy (non-hydrogen) atoms. The molecule has 0 aliphatic rings. The lowest BCUT2D eigenvalue weighted by Gasteiger charge is -2.12. The number of anilines is 1. The quantitative estimate of drug-likeness (QED) is 0.856. The van der Waals surface area contributed by atoms with E-state index in [0.717, 1.165) is 0 Å². The molecule has 1 heterocycles. The van der Waals surface area contributed by atoms with Crippen molar-refractivity contribution in [2.75, 3.05) is 5.73 Å². The standard InChI is InChI=1S/C13H8F3N3O/c14-13(15,16)12-9(6-17)11(18)8-5-7(3-4-20)1-2-10(8)19-12/h1-2,4-5H,3H2,(H2,18,19). The Morgan fingerprint density at radius 3 is 2.65 bits per heavy atom. The van der Waals surface area contributed by atoms with Crippen molar-refractivity contribution < 1.29 is 18.0 Å². The van der Waals surface area contributed by atoms with E-state index < -0.39 is 17.4 Å². The number of fused-ring (bicyclic) bond motifs is 1. The molecule has 0 atom stereocenters. The van der Waals surface area contributed by atoms with Crippen molar-refractivity contribution in [1.82, 2.24) is 4.98 Å². The summed E-state index contributed by atoms with van der Waals surface area (Å²) in [6.45, 7) is 0. The lowest BCUT2D eigenvalue weighted by molar-refractivity contribution is -0.141. The van der Waals surface area contributed by atoms with Crippen LogP contribution in [0.5, 0.6) is 0 Å². The Bertz CT molecular complexity index is 732. The van der Waals surface area contributed by atoms with Gasteiger partial charge in [-0.25, -0.2) is 4.98 Å². The average molecular weight is 279 g/mol. The maximum absolute atomic E-state index is 12.8. The number of aldehydes is 1. The third-order valence-electron chi connectivity index (χ3n) is 2.79. The van der Waals surface area contributed by atoms with E-state index in [2.05, 4.69) is 4.98 Å². The Balaban J connectivity index is 2.80. The fourth-order valence-corrected chi connectivity index (χ4v) is 1.88. The van der Waals surface area contributed by atoms with Crippen molar-refractivity contribution >= 4 is 22.9 Å². The number of pyridine rings is 1. The van der Waals surface area contributed by atoms with E-state index in [4.69, 9.17) is 11.0 Å². The first-order chi connectivity index (χ1) is 9.38. The number of hydrogen-bond donors (Lipinski definition) is 1. The number of carbonyl (C=O) groups excluding carboxylic acids is 1. The highest BCUT2D eigenvalue weighted by molar-refractivity contribution is 5.94. The second-order valence-electron chi connectivity index (χ2n) is 4.08. The van der Waals surface area contributed by atoms with Crippen LogP contribution in [0, 0.1) is 11.3 Å². The molecule has 0 radical (unpaired) electrons. The molecule has 2 N–H and O–H groups in total. The van der Waals surface area contributed by atoms with Crippen molar-refractivity contribution in [3.05, 3.63) is 35.0 Å². The predicted molar refractivity (Wildman–Crippen MR) is 65.6 cm³/mol. The highest BCUT2D eigenvalue weighted by Gasteiger charge is 2.37. The molecule has 0 fully saturated rings. The Hall–Kier alpha value is -2.62. The molecule has 0 saturated carbocycles. The van der Waals surface area contributed by atoms with Gasteiger partial charge in [0.2, 0.25) is 0 Å². The number of carbonyl (C=O) groups is 1. The van der Waals surface area contributed by atoms with Gasteiger partial charge in [-0.05, 0) is 17.7 Å². The zero-order valence-corrected chi connectivity index (χ0v) is 10.0. The Labute approximate surface area is 111 Å². The molecule has 2 rings (SSSR count). The van der Waals surface area contributed by atoms with Gasteiger partial charge in [0.25, 0.3) is 0 Å². The molecule has 1 aromatic heterocycles. The van der Waals surface area contributed by atoms with Gasteiger partial charge >= 0.3 is 6.18 Å². The van der Waals surface area contributed by atoms with Gasteiger partial charge in [0, 0.05) is 11.8 Å². The van der Waals surface area contributed by atoms with Crippen LogP contribution in [0.15, 0.2) is 18.2 Å². The molecule has 2 aromatic rings. The topological polar surface area (TPSA) is 79.8 Å². The summed E-state index contributed by atoms with van der Waals surface area (Å²) in [6.07, 6.45) is -3.98. The third kappa shape index (κ3) is 2.28. The van der Waals surface area contributed by atoms with E-state index in [9.17, 15) is 18.0 Å². The molecule has 4 nitrogen and oxygen atoms in total. The van der Waals surface area contributed by atoms with Crippen LogP contribution in [0.25, 0.3) is 10.9 Å². The monoisotopic (exact) mass is 279 g/mol. The zero-order chi connectivity index (χ0) is 14.9. The minimum absolute atomic E-state index is 0.0310. The number of benzene rings is 1. The number of alkyl halides is 3. The summed E-state index contributed by atoms with van der Waals surface area (Å²) in [5.41, 5.74) is 3.98. The van der Waals surface area contributed by atoms with Crippen LogP contribution >= 0.6 is 0 Å². The number of nitrogen functional groups attached to an aromatic ring is 1. The molecule has 0 amide bonds. The second kappa shape index (κ2) is 4.81. The molecule has 7 heteroatoms. The summed E-state index contributed by atoms with van der Waals surface area (Å²) in [5, 5.41) is 9.10. The molecule has 1 aromatic carbocycles. The Morgan fingerprint density at radius 2 is 2.10 bits per heavy atom. The van der Waals surface area contributed by atoms with E-state index in [1.54, 1.807) is 0 Å². The van der Waals surface area contributed by atoms with E-state index in [1.807, 2.05) is 0 Å². The van der Waals surface area contributed by atoms with Crippen LogP contribution in [0.4, 0.5) is 18.9 Å². The van der Waals surface area contributed by atoms with Crippen LogP contribution in [0.2, 0.25) is 0 Å². The van der Waals surface area contributed by atoms with Crippen molar-refractivity contribution in [3.8, 4) is 6.07 Å². The molecular formula is C13H8F3N3O. The summed E-state index contributed by atoms with van der Waals surface area (Å²) in [4.78, 5) is 13.9.